The van der Waals surface area contributed by atoms with Crippen LogP contribution in [0.4, 0.5) is 5.69 Å². The SMILES string of the molecule is O=C(CSc1cn(CCNC(=O)c2ccc(Cl)cc2Cl)c2ccccc12)Nc1ccc(Cl)cc1. The van der Waals surface area contributed by atoms with Crippen molar-refractivity contribution < 1.29 is 9.59 Å². The Bertz CT molecular complexity index is 1340. The highest BCUT2D eigenvalue weighted by Crippen LogP contribution is 2.30. The molecule has 4 aromatic rings. The van der Waals surface area contributed by atoms with Gasteiger partial charge in [-0.1, -0.05) is 53.0 Å². The van der Waals surface area contributed by atoms with Gasteiger partial charge in [-0.25, -0.2) is 0 Å². The zero-order valence-corrected chi connectivity index (χ0v) is 20.9. The average molecular weight is 533 g/mol. The van der Waals surface area contributed by atoms with E-state index < -0.39 is 0 Å². The third-order valence-corrected chi connectivity index (χ3v) is 6.90. The summed E-state index contributed by atoms with van der Waals surface area (Å²) in [6.45, 7) is 0.979. The molecule has 1 aromatic heterocycles. The lowest BCUT2D eigenvalue weighted by atomic mass is 10.2. The van der Waals surface area contributed by atoms with Crippen LogP contribution in [0.3, 0.4) is 0 Å². The van der Waals surface area contributed by atoms with Crippen LogP contribution in [0.25, 0.3) is 10.9 Å². The maximum Gasteiger partial charge on any atom is 0.252 e. The van der Waals surface area contributed by atoms with Crippen molar-refractivity contribution >= 4 is 75.0 Å². The van der Waals surface area contributed by atoms with Gasteiger partial charge in [-0.2, -0.15) is 0 Å². The van der Waals surface area contributed by atoms with Gasteiger partial charge in [-0.05, 0) is 48.5 Å². The van der Waals surface area contributed by atoms with Crippen molar-refractivity contribution in [2.24, 2.45) is 0 Å². The molecule has 0 aliphatic rings. The molecule has 0 fully saturated rings. The first-order chi connectivity index (χ1) is 16.4. The summed E-state index contributed by atoms with van der Waals surface area (Å²) in [6, 6.07) is 19.8. The molecule has 9 heteroatoms. The lowest BCUT2D eigenvalue weighted by Crippen LogP contribution is -2.27. The second kappa shape index (κ2) is 11.2. The average Bonchev–Trinajstić information content (AvgIpc) is 3.17. The van der Waals surface area contributed by atoms with Crippen molar-refractivity contribution in [3.05, 3.63) is 93.6 Å². The Morgan fingerprint density at radius 1 is 0.912 bits per heavy atom. The largest absolute Gasteiger partial charge is 0.350 e. The molecule has 0 saturated heterocycles. The minimum atomic E-state index is -0.258. The topological polar surface area (TPSA) is 63.1 Å². The molecule has 4 rings (SSSR count). The lowest BCUT2D eigenvalue weighted by molar-refractivity contribution is -0.113. The number of para-hydroxylation sites is 1. The van der Waals surface area contributed by atoms with E-state index in [4.69, 9.17) is 34.8 Å². The van der Waals surface area contributed by atoms with Crippen LogP contribution < -0.4 is 10.6 Å². The number of aromatic nitrogens is 1. The zero-order valence-electron chi connectivity index (χ0n) is 17.9. The Morgan fingerprint density at radius 3 is 2.41 bits per heavy atom. The van der Waals surface area contributed by atoms with Gasteiger partial charge in [0.1, 0.15) is 0 Å². The Labute approximate surface area is 216 Å². The number of carbonyl (C=O) groups excluding carboxylic acids is 2. The molecule has 0 bridgehead atoms. The smallest absolute Gasteiger partial charge is 0.252 e. The molecule has 0 radical (unpaired) electrons. The summed E-state index contributed by atoms with van der Waals surface area (Å²) in [5, 5.41) is 8.23. The van der Waals surface area contributed by atoms with Crippen molar-refractivity contribution in [1.82, 2.24) is 9.88 Å². The summed E-state index contributed by atoms with van der Waals surface area (Å²) >= 11 is 19.4. The van der Waals surface area contributed by atoms with Gasteiger partial charge in [-0.15, -0.1) is 11.8 Å². The Balaban J connectivity index is 1.38. The number of carbonyl (C=O) groups is 2. The van der Waals surface area contributed by atoms with Gasteiger partial charge in [0.2, 0.25) is 5.91 Å². The molecule has 2 N–H and O–H groups in total. The van der Waals surface area contributed by atoms with Crippen molar-refractivity contribution in [2.45, 2.75) is 11.4 Å². The van der Waals surface area contributed by atoms with E-state index >= 15 is 0 Å². The quantitative estimate of drug-likeness (QED) is 0.246. The van der Waals surface area contributed by atoms with Gasteiger partial charge in [0.25, 0.3) is 5.91 Å². The van der Waals surface area contributed by atoms with Gasteiger partial charge >= 0.3 is 0 Å². The van der Waals surface area contributed by atoms with Crippen molar-refractivity contribution in [3.8, 4) is 0 Å². The minimum Gasteiger partial charge on any atom is -0.350 e. The maximum absolute atomic E-state index is 12.5. The van der Waals surface area contributed by atoms with Gasteiger partial charge < -0.3 is 15.2 Å². The summed E-state index contributed by atoms with van der Waals surface area (Å²) in [5.74, 6) is -0.0922. The molecule has 0 unspecified atom stereocenters. The predicted octanol–water partition coefficient (Wildman–Crippen LogP) is 6.76. The summed E-state index contributed by atoms with van der Waals surface area (Å²) < 4.78 is 2.07. The third kappa shape index (κ3) is 6.07. The van der Waals surface area contributed by atoms with Crippen LogP contribution in [0.1, 0.15) is 10.4 Å². The zero-order chi connectivity index (χ0) is 24.1. The highest BCUT2D eigenvalue weighted by molar-refractivity contribution is 8.00. The number of hydrogen-bond acceptors (Lipinski definition) is 3. The first kappa shape index (κ1) is 24.5. The number of anilines is 1. The Morgan fingerprint density at radius 2 is 1.65 bits per heavy atom. The first-order valence-corrected chi connectivity index (χ1v) is 12.5. The molecular weight excluding hydrogens is 513 g/mol. The number of rotatable bonds is 8. The van der Waals surface area contributed by atoms with Crippen molar-refractivity contribution in [1.29, 1.82) is 0 Å². The van der Waals surface area contributed by atoms with Crippen molar-refractivity contribution in [2.75, 3.05) is 17.6 Å². The van der Waals surface area contributed by atoms with E-state index in [1.54, 1.807) is 42.5 Å². The normalized spacial score (nSPS) is 10.9. The van der Waals surface area contributed by atoms with Crippen LogP contribution in [0.5, 0.6) is 0 Å². The number of fused-ring (bicyclic) bond motifs is 1. The molecule has 174 valence electrons. The van der Waals surface area contributed by atoms with E-state index in [9.17, 15) is 9.59 Å². The van der Waals surface area contributed by atoms with Gasteiger partial charge in [0, 0.05) is 50.8 Å². The maximum atomic E-state index is 12.5. The van der Waals surface area contributed by atoms with Crippen LogP contribution in [0.15, 0.2) is 77.8 Å². The summed E-state index contributed by atoms with van der Waals surface area (Å²) in [5.41, 5.74) is 2.11. The van der Waals surface area contributed by atoms with Gasteiger partial charge in [-0.3, -0.25) is 9.59 Å². The first-order valence-electron chi connectivity index (χ1n) is 10.4. The number of nitrogens with one attached hydrogen (secondary N) is 2. The fourth-order valence-electron chi connectivity index (χ4n) is 3.45. The fourth-order valence-corrected chi connectivity index (χ4v) is 4.95. The molecule has 0 aliphatic heterocycles. The second-order valence-corrected chi connectivity index (χ2v) is 9.72. The number of amides is 2. The molecule has 2 amide bonds. The van der Waals surface area contributed by atoms with E-state index in [0.29, 0.717) is 39.4 Å². The van der Waals surface area contributed by atoms with Gasteiger partial charge in [0.15, 0.2) is 0 Å². The highest BCUT2D eigenvalue weighted by atomic mass is 35.5. The lowest BCUT2D eigenvalue weighted by Gasteiger charge is -2.09. The molecule has 1 heterocycles. The molecule has 0 spiro atoms. The summed E-state index contributed by atoms with van der Waals surface area (Å²) in [4.78, 5) is 25.9. The minimum absolute atomic E-state index is 0.101. The summed E-state index contributed by atoms with van der Waals surface area (Å²) in [6.07, 6.45) is 2.01. The van der Waals surface area contributed by atoms with Crippen LogP contribution in [0.2, 0.25) is 15.1 Å². The standard InChI is InChI=1S/C25H20Cl3N3O2S/c26-16-5-8-18(9-6-16)30-24(32)15-34-23-14-31(22-4-2-1-3-20(22)23)12-11-29-25(33)19-10-7-17(27)13-21(19)28/h1-10,13-14H,11-12,15H2,(H,29,33)(H,30,32). The van der Waals surface area contributed by atoms with Crippen LogP contribution in [-0.4, -0.2) is 28.7 Å². The molecule has 0 saturated carbocycles. The predicted molar refractivity (Wildman–Crippen MR) is 142 cm³/mol. The molecule has 3 aromatic carbocycles. The molecule has 5 nitrogen and oxygen atoms in total. The molecule has 0 atom stereocenters. The van der Waals surface area contributed by atoms with E-state index in [2.05, 4.69) is 15.2 Å². The van der Waals surface area contributed by atoms with Crippen LogP contribution in [-0.2, 0) is 11.3 Å². The van der Waals surface area contributed by atoms with Gasteiger partial charge in [0.05, 0.1) is 16.3 Å². The Kier molecular flexibility index (Phi) is 8.06. The second-order valence-electron chi connectivity index (χ2n) is 7.43. The van der Waals surface area contributed by atoms with Crippen molar-refractivity contribution in [3.63, 3.8) is 0 Å². The van der Waals surface area contributed by atoms with E-state index in [1.807, 2.05) is 30.5 Å². The monoisotopic (exact) mass is 531 g/mol. The number of thioether (sulfide) groups is 1. The number of benzene rings is 3. The summed E-state index contributed by atoms with van der Waals surface area (Å²) in [7, 11) is 0. The molecular formula is C25H20Cl3N3O2S. The number of nitrogens with zero attached hydrogens (tertiary/aromatic N) is 1. The van der Waals surface area contributed by atoms with E-state index in [-0.39, 0.29) is 17.6 Å². The Hall–Kier alpha value is -2.64. The third-order valence-electron chi connectivity index (χ3n) is 5.05. The number of hydrogen-bond donors (Lipinski definition) is 2. The van der Waals surface area contributed by atoms with E-state index in [1.165, 1.54) is 11.8 Å². The van der Waals surface area contributed by atoms with Crippen LogP contribution in [0, 0.1) is 0 Å². The van der Waals surface area contributed by atoms with Crippen LogP contribution >= 0.6 is 46.6 Å². The van der Waals surface area contributed by atoms with E-state index in [0.717, 1.165) is 15.8 Å². The molecule has 34 heavy (non-hydrogen) atoms. The fraction of sp³-hybridized carbons (Fsp3) is 0.120. The highest BCUT2D eigenvalue weighted by Gasteiger charge is 2.13. The number of halogens is 3. The molecule has 0 aliphatic carbocycles.